The second kappa shape index (κ2) is 10.8. The van der Waals surface area contributed by atoms with E-state index in [-0.39, 0.29) is 12.1 Å². The van der Waals surface area contributed by atoms with Crippen LogP contribution in [0.15, 0.2) is 0 Å². The van der Waals surface area contributed by atoms with Crippen molar-refractivity contribution in [3.63, 3.8) is 0 Å². The van der Waals surface area contributed by atoms with Gasteiger partial charge in [0.1, 0.15) is 0 Å². The van der Waals surface area contributed by atoms with Crippen molar-refractivity contribution in [2.75, 3.05) is 32.8 Å². The Bertz CT molecular complexity index is 181. The number of nitrogens with zero attached hydrogens (tertiary/aromatic N) is 1. The lowest BCUT2D eigenvalue weighted by Gasteiger charge is -2.33. The molecular formula is C15H34N2O. The molecule has 0 aliphatic heterocycles. The van der Waals surface area contributed by atoms with Crippen LogP contribution in [0.2, 0.25) is 0 Å². The predicted molar refractivity (Wildman–Crippen MR) is 80.0 cm³/mol. The lowest BCUT2D eigenvalue weighted by Crippen LogP contribution is -2.48. The summed E-state index contributed by atoms with van der Waals surface area (Å²) >= 11 is 0. The second-order valence-electron chi connectivity index (χ2n) is 5.26. The van der Waals surface area contributed by atoms with Crippen molar-refractivity contribution in [3.05, 3.63) is 0 Å². The van der Waals surface area contributed by atoms with E-state index in [1.165, 1.54) is 19.4 Å². The first-order valence-electron chi connectivity index (χ1n) is 7.76. The van der Waals surface area contributed by atoms with Gasteiger partial charge in [-0.25, -0.2) is 0 Å². The number of aliphatic hydroxyl groups is 1. The van der Waals surface area contributed by atoms with E-state index in [0.717, 1.165) is 38.9 Å². The molecule has 0 aliphatic rings. The Morgan fingerprint density at radius 1 is 1.06 bits per heavy atom. The quantitative estimate of drug-likeness (QED) is 0.565. The zero-order chi connectivity index (χ0) is 13.9. The maximum absolute atomic E-state index is 9.65. The molecule has 0 radical (unpaired) electrons. The summed E-state index contributed by atoms with van der Waals surface area (Å²) in [4.78, 5) is 2.50. The fourth-order valence-electron chi connectivity index (χ4n) is 2.41. The highest BCUT2D eigenvalue weighted by molar-refractivity contribution is 4.86. The van der Waals surface area contributed by atoms with Gasteiger partial charge < -0.3 is 15.3 Å². The van der Waals surface area contributed by atoms with Crippen LogP contribution in [0.1, 0.15) is 59.8 Å². The van der Waals surface area contributed by atoms with Gasteiger partial charge in [0.2, 0.25) is 0 Å². The molecule has 0 aromatic carbocycles. The second-order valence-corrected chi connectivity index (χ2v) is 5.26. The fourth-order valence-corrected chi connectivity index (χ4v) is 2.41. The molecule has 110 valence electrons. The minimum atomic E-state index is -0.0539. The SMILES string of the molecule is CCCNC(CC)(CO)CCCN(CC)CCC. The highest BCUT2D eigenvalue weighted by atomic mass is 16.3. The number of nitrogens with one attached hydrogen (secondary N) is 1. The minimum absolute atomic E-state index is 0.0539. The standard InChI is InChI=1S/C15H34N2O/c1-5-11-16-15(7-3,14-18)10-9-13-17(8-4)12-6-2/h16,18H,5-14H2,1-4H3. The average molecular weight is 258 g/mol. The van der Waals surface area contributed by atoms with Gasteiger partial charge in [-0.05, 0) is 58.3 Å². The van der Waals surface area contributed by atoms with Crippen LogP contribution in [0.5, 0.6) is 0 Å². The molecule has 1 unspecified atom stereocenters. The van der Waals surface area contributed by atoms with Crippen LogP contribution >= 0.6 is 0 Å². The lowest BCUT2D eigenvalue weighted by molar-refractivity contribution is 0.138. The summed E-state index contributed by atoms with van der Waals surface area (Å²) in [5.41, 5.74) is -0.0539. The van der Waals surface area contributed by atoms with Crippen LogP contribution in [-0.4, -0.2) is 48.3 Å². The monoisotopic (exact) mass is 258 g/mol. The van der Waals surface area contributed by atoms with E-state index >= 15 is 0 Å². The van der Waals surface area contributed by atoms with Crippen LogP contribution in [-0.2, 0) is 0 Å². The summed E-state index contributed by atoms with van der Waals surface area (Å²) in [7, 11) is 0. The van der Waals surface area contributed by atoms with Gasteiger partial charge in [-0.1, -0.05) is 27.7 Å². The summed E-state index contributed by atoms with van der Waals surface area (Å²) < 4.78 is 0. The largest absolute Gasteiger partial charge is 0.394 e. The topological polar surface area (TPSA) is 35.5 Å². The van der Waals surface area contributed by atoms with E-state index in [4.69, 9.17) is 0 Å². The number of hydrogen-bond acceptors (Lipinski definition) is 3. The Labute approximate surface area is 114 Å². The van der Waals surface area contributed by atoms with Crippen molar-refractivity contribution in [1.82, 2.24) is 10.2 Å². The van der Waals surface area contributed by atoms with Crippen molar-refractivity contribution in [2.45, 2.75) is 65.3 Å². The Morgan fingerprint density at radius 2 is 1.78 bits per heavy atom. The van der Waals surface area contributed by atoms with Crippen molar-refractivity contribution in [3.8, 4) is 0 Å². The summed E-state index contributed by atoms with van der Waals surface area (Å²) in [6.45, 7) is 13.5. The van der Waals surface area contributed by atoms with E-state index < -0.39 is 0 Å². The van der Waals surface area contributed by atoms with E-state index in [1.54, 1.807) is 0 Å². The van der Waals surface area contributed by atoms with Gasteiger partial charge >= 0.3 is 0 Å². The number of rotatable bonds is 12. The molecule has 0 aromatic rings. The molecule has 1 atom stereocenters. The molecular weight excluding hydrogens is 224 g/mol. The van der Waals surface area contributed by atoms with Crippen molar-refractivity contribution < 1.29 is 5.11 Å². The number of hydrogen-bond donors (Lipinski definition) is 2. The van der Waals surface area contributed by atoms with E-state index in [1.807, 2.05) is 0 Å². The maximum Gasteiger partial charge on any atom is 0.0613 e. The van der Waals surface area contributed by atoms with Crippen LogP contribution in [0.3, 0.4) is 0 Å². The maximum atomic E-state index is 9.65. The third-order valence-electron chi connectivity index (χ3n) is 3.85. The van der Waals surface area contributed by atoms with Gasteiger partial charge in [0.05, 0.1) is 6.61 Å². The molecule has 3 heteroatoms. The molecule has 18 heavy (non-hydrogen) atoms. The first-order valence-corrected chi connectivity index (χ1v) is 7.76. The van der Waals surface area contributed by atoms with Crippen LogP contribution < -0.4 is 5.32 Å². The molecule has 0 spiro atoms. The van der Waals surface area contributed by atoms with Crippen LogP contribution in [0, 0.1) is 0 Å². The average Bonchev–Trinajstić information content (AvgIpc) is 2.42. The van der Waals surface area contributed by atoms with E-state index in [2.05, 4.69) is 37.9 Å². The minimum Gasteiger partial charge on any atom is -0.394 e. The van der Waals surface area contributed by atoms with Crippen LogP contribution in [0.25, 0.3) is 0 Å². The molecule has 0 aromatic heterocycles. The van der Waals surface area contributed by atoms with Gasteiger partial charge in [0.15, 0.2) is 0 Å². The molecule has 0 fully saturated rings. The summed E-state index contributed by atoms with van der Waals surface area (Å²) in [6, 6.07) is 0. The zero-order valence-electron chi connectivity index (χ0n) is 13.0. The van der Waals surface area contributed by atoms with E-state index in [0.29, 0.717) is 0 Å². The van der Waals surface area contributed by atoms with Gasteiger partial charge in [0.25, 0.3) is 0 Å². The first-order chi connectivity index (χ1) is 8.67. The highest BCUT2D eigenvalue weighted by Crippen LogP contribution is 2.17. The molecule has 0 heterocycles. The molecule has 0 bridgehead atoms. The molecule has 2 N–H and O–H groups in total. The Hall–Kier alpha value is -0.120. The third kappa shape index (κ3) is 6.72. The zero-order valence-corrected chi connectivity index (χ0v) is 13.0. The highest BCUT2D eigenvalue weighted by Gasteiger charge is 2.25. The Balaban J connectivity index is 4.09. The van der Waals surface area contributed by atoms with Crippen molar-refractivity contribution in [1.29, 1.82) is 0 Å². The smallest absolute Gasteiger partial charge is 0.0613 e. The third-order valence-corrected chi connectivity index (χ3v) is 3.85. The van der Waals surface area contributed by atoms with Gasteiger partial charge in [-0.2, -0.15) is 0 Å². The van der Waals surface area contributed by atoms with E-state index in [9.17, 15) is 5.11 Å². The van der Waals surface area contributed by atoms with Crippen LogP contribution in [0.4, 0.5) is 0 Å². The summed E-state index contributed by atoms with van der Waals surface area (Å²) in [5.74, 6) is 0. The Morgan fingerprint density at radius 3 is 2.22 bits per heavy atom. The summed E-state index contributed by atoms with van der Waals surface area (Å²) in [6.07, 6.45) is 5.59. The predicted octanol–water partition coefficient (Wildman–Crippen LogP) is 2.64. The molecule has 0 aliphatic carbocycles. The normalized spacial score (nSPS) is 15.0. The van der Waals surface area contributed by atoms with Gasteiger partial charge in [0, 0.05) is 5.54 Å². The molecule has 0 saturated carbocycles. The molecule has 3 nitrogen and oxygen atoms in total. The number of aliphatic hydroxyl groups excluding tert-OH is 1. The summed E-state index contributed by atoms with van der Waals surface area (Å²) in [5, 5.41) is 13.2. The van der Waals surface area contributed by atoms with Crippen molar-refractivity contribution in [2.24, 2.45) is 0 Å². The Kier molecular flexibility index (Phi) is 10.7. The van der Waals surface area contributed by atoms with Crippen molar-refractivity contribution >= 4 is 0 Å². The first kappa shape index (κ1) is 17.9. The lowest BCUT2D eigenvalue weighted by atomic mass is 9.91. The fraction of sp³-hybridized carbons (Fsp3) is 1.00. The van der Waals surface area contributed by atoms with Gasteiger partial charge in [-0.3, -0.25) is 0 Å². The molecule has 0 amide bonds. The van der Waals surface area contributed by atoms with Gasteiger partial charge in [-0.15, -0.1) is 0 Å². The molecule has 0 rings (SSSR count). The molecule has 0 saturated heterocycles.